The summed E-state index contributed by atoms with van der Waals surface area (Å²) in [6, 6.07) is 9.13. The lowest BCUT2D eigenvalue weighted by Gasteiger charge is -2.32. The Kier molecular flexibility index (Phi) is 5.90. The van der Waals surface area contributed by atoms with E-state index >= 15 is 0 Å². The normalized spacial score (nSPS) is 15.6. The van der Waals surface area contributed by atoms with Crippen molar-refractivity contribution in [2.24, 2.45) is 0 Å². The van der Waals surface area contributed by atoms with Crippen molar-refractivity contribution in [2.75, 3.05) is 33.7 Å². The van der Waals surface area contributed by atoms with Crippen LogP contribution in [0, 0.1) is 6.92 Å². The second kappa shape index (κ2) is 8.87. The third-order valence-corrected chi connectivity index (χ3v) is 7.22. The molecular weight excluding hydrogens is 424 g/mol. The number of carbonyl (C=O) groups excluding carboxylic acids is 1. The number of rotatable bonds is 5. The number of hydrogen-bond donors (Lipinski definition) is 1. The standard InChI is InChI=1S/C27H34N6O/c1-17(2)25-22-13-20(19-8-10-32(11-9-19)15-24(34)31(4)5)6-7-23(22)29-26(25)21-12-18(3)27-30-28-16-33(27)14-21/h6-7,12-14,16-17,19,29H,8-11,15H2,1-5H3. The molecule has 1 aliphatic heterocycles. The molecule has 1 amide bonds. The monoisotopic (exact) mass is 458 g/mol. The SMILES string of the molecule is Cc1cc(-c2[nH]c3ccc(C4CCN(CC(=O)N(C)C)CC4)cc3c2C(C)C)cn2cnnc12. The van der Waals surface area contributed by atoms with Crippen molar-refractivity contribution in [3.8, 4) is 11.3 Å². The van der Waals surface area contributed by atoms with Gasteiger partial charge in [0, 0.05) is 36.8 Å². The topological polar surface area (TPSA) is 69.5 Å². The van der Waals surface area contributed by atoms with E-state index in [1.165, 1.54) is 27.7 Å². The zero-order chi connectivity index (χ0) is 24.0. The number of amides is 1. The molecule has 4 aromatic rings. The first-order valence-electron chi connectivity index (χ1n) is 12.2. The molecule has 34 heavy (non-hydrogen) atoms. The van der Waals surface area contributed by atoms with Gasteiger partial charge in [-0.2, -0.15) is 0 Å². The first-order chi connectivity index (χ1) is 16.3. The Labute approximate surface area is 200 Å². The Balaban J connectivity index is 1.45. The molecule has 1 aliphatic rings. The van der Waals surface area contributed by atoms with E-state index in [0.29, 0.717) is 18.4 Å². The smallest absolute Gasteiger partial charge is 0.236 e. The number of hydrogen-bond acceptors (Lipinski definition) is 4. The van der Waals surface area contributed by atoms with Crippen LogP contribution in [0.5, 0.6) is 0 Å². The van der Waals surface area contributed by atoms with E-state index in [0.717, 1.165) is 42.7 Å². The number of aromatic amines is 1. The molecule has 178 valence electrons. The number of nitrogens with zero attached hydrogens (tertiary/aromatic N) is 5. The van der Waals surface area contributed by atoms with Crippen molar-refractivity contribution >= 4 is 22.5 Å². The Morgan fingerprint density at radius 2 is 1.97 bits per heavy atom. The Morgan fingerprint density at radius 1 is 1.21 bits per heavy atom. The summed E-state index contributed by atoms with van der Waals surface area (Å²) in [4.78, 5) is 19.8. The highest BCUT2D eigenvalue weighted by molar-refractivity contribution is 5.92. The van der Waals surface area contributed by atoms with Crippen LogP contribution in [0.25, 0.3) is 27.8 Å². The van der Waals surface area contributed by atoms with E-state index in [1.807, 2.05) is 18.5 Å². The van der Waals surface area contributed by atoms with Crippen LogP contribution >= 0.6 is 0 Å². The molecule has 3 aromatic heterocycles. The fourth-order valence-electron chi connectivity index (χ4n) is 5.31. The summed E-state index contributed by atoms with van der Waals surface area (Å²) in [7, 11) is 3.65. The third kappa shape index (κ3) is 4.09. The maximum Gasteiger partial charge on any atom is 0.236 e. The molecule has 4 heterocycles. The maximum atomic E-state index is 12.1. The molecule has 0 bridgehead atoms. The molecular formula is C27H34N6O. The highest BCUT2D eigenvalue weighted by Crippen LogP contribution is 2.38. The number of aromatic nitrogens is 4. The van der Waals surface area contributed by atoms with Crippen LogP contribution in [0.2, 0.25) is 0 Å². The number of H-pyrrole nitrogens is 1. The number of fused-ring (bicyclic) bond motifs is 2. The summed E-state index contributed by atoms with van der Waals surface area (Å²) in [5, 5.41) is 9.61. The van der Waals surface area contributed by atoms with Crippen LogP contribution in [0.1, 0.15) is 55.2 Å². The van der Waals surface area contributed by atoms with Crippen LogP contribution in [-0.2, 0) is 4.79 Å². The van der Waals surface area contributed by atoms with Crippen molar-refractivity contribution in [1.29, 1.82) is 0 Å². The molecule has 1 saturated heterocycles. The first kappa shape index (κ1) is 22.6. The van der Waals surface area contributed by atoms with Gasteiger partial charge in [0.1, 0.15) is 6.33 Å². The molecule has 1 N–H and O–H groups in total. The van der Waals surface area contributed by atoms with E-state index in [4.69, 9.17) is 0 Å². The van der Waals surface area contributed by atoms with E-state index in [2.05, 4.69) is 71.3 Å². The highest BCUT2D eigenvalue weighted by atomic mass is 16.2. The van der Waals surface area contributed by atoms with E-state index in [9.17, 15) is 4.79 Å². The van der Waals surface area contributed by atoms with Crippen LogP contribution in [-0.4, -0.2) is 69.0 Å². The van der Waals surface area contributed by atoms with Crippen molar-refractivity contribution in [3.63, 3.8) is 0 Å². The van der Waals surface area contributed by atoms with Gasteiger partial charge in [-0.15, -0.1) is 10.2 Å². The number of carbonyl (C=O) groups is 1. The van der Waals surface area contributed by atoms with Gasteiger partial charge >= 0.3 is 0 Å². The summed E-state index contributed by atoms with van der Waals surface area (Å²) in [5.74, 6) is 1.10. The number of pyridine rings is 1. The first-order valence-corrected chi connectivity index (χ1v) is 12.2. The molecule has 0 spiro atoms. The van der Waals surface area contributed by atoms with Gasteiger partial charge in [-0.1, -0.05) is 19.9 Å². The average molecular weight is 459 g/mol. The van der Waals surface area contributed by atoms with Crippen LogP contribution in [0.15, 0.2) is 36.8 Å². The van der Waals surface area contributed by atoms with Gasteiger partial charge in [0.05, 0.1) is 12.2 Å². The van der Waals surface area contributed by atoms with Crippen LogP contribution in [0.3, 0.4) is 0 Å². The Bertz CT molecular complexity index is 1340. The second-order valence-corrected chi connectivity index (χ2v) is 10.2. The van der Waals surface area contributed by atoms with Gasteiger partial charge in [-0.25, -0.2) is 0 Å². The Morgan fingerprint density at radius 3 is 2.68 bits per heavy atom. The molecule has 7 nitrogen and oxygen atoms in total. The molecule has 0 saturated carbocycles. The Hall–Kier alpha value is -3.19. The zero-order valence-corrected chi connectivity index (χ0v) is 20.8. The molecule has 0 radical (unpaired) electrons. The largest absolute Gasteiger partial charge is 0.354 e. The fraction of sp³-hybridized carbons (Fsp3) is 0.444. The van der Waals surface area contributed by atoms with Crippen LogP contribution in [0.4, 0.5) is 0 Å². The zero-order valence-electron chi connectivity index (χ0n) is 20.8. The number of likely N-dealkylation sites (tertiary alicyclic amines) is 1. The summed E-state index contributed by atoms with van der Waals surface area (Å²) >= 11 is 0. The quantitative estimate of drug-likeness (QED) is 0.475. The molecule has 0 atom stereocenters. The average Bonchev–Trinajstić information content (AvgIpc) is 3.44. The van der Waals surface area contributed by atoms with Crippen molar-refractivity contribution in [3.05, 3.63) is 53.5 Å². The van der Waals surface area contributed by atoms with Gasteiger partial charge in [0.2, 0.25) is 5.91 Å². The lowest BCUT2D eigenvalue weighted by Crippen LogP contribution is -2.40. The van der Waals surface area contributed by atoms with Gasteiger partial charge in [0.25, 0.3) is 0 Å². The maximum absolute atomic E-state index is 12.1. The number of nitrogens with one attached hydrogen (secondary N) is 1. The third-order valence-electron chi connectivity index (χ3n) is 7.22. The summed E-state index contributed by atoms with van der Waals surface area (Å²) in [6.45, 7) is 9.08. The molecule has 0 unspecified atom stereocenters. The number of likely N-dealkylation sites (N-methyl/N-ethyl adjacent to an activating group) is 1. The van der Waals surface area contributed by atoms with E-state index < -0.39 is 0 Å². The summed E-state index contributed by atoms with van der Waals surface area (Å²) < 4.78 is 2.00. The molecule has 1 aromatic carbocycles. The number of aryl methyl sites for hydroxylation is 1. The predicted octanol–water partition coefficient (Wildman–Crippen LogP) is 4.58. The lowest BCUT2D eigenvalue weighted by molar-refractivity contribution is -0.130. The molecule has 7 heteroatoms. The molecule has 0 aliphatic carbocycles. The van der Waals surface area contributed by atoms with Gasteiger partial charge in [-0.3, -0.25) is 14.1 Å². The van der Waals surface area contributed by atoms with E-state index in [-0.39, 0.29) is 5.91 Å². The molecule has 1 fully saturated rings. The van der Waals surface area contributed by atoms with Crippen molar-refractivity contribution < 1.29 is 4.79 Å². The fourth-order valence-corrected chi connectivity index (χ4v) is 5.31. The van der Waals surface area contributed by atoms with Gasteiger partial charge in [0.15, 0.2) is 5.65 Å². The number of benzene rings is 1. The lowest BCUT2D eigenvalue weighted by atomic mass is 9.87. The van der Waals surface area contributed by atoms with Crippen molar-refractivity contribution in [2.45, 2.75) is 45.4 Å². The highest BCUT2D eigenvalue weighted by Gasteiger charge is 2.24. The van der Waals surface area contributed by atoms with Gasteiger partial charge in [-0.05, 0) is 79.6 Å². The summed E-state index contributed by atoms with van der Waals surface area (Å²) in [6.07, 6.45) is 6.05. The van der Waals surface area contributed by atoms with Crippen LogP contribution < -0.4 is 0 Å². The predicted molar refractivity (Wildman–Crippen MR) is 136 cm³/mol. The van der Waals surface area contributed by atoms with E-state index in [1.54, 1.807) is 11.2 Å². The van der Waals surface area contributed by atoms with Crippen molar-refractivity contribution in [1.82, 2.24) is 29.4 Å². The summed E-state index contributed by atoms with van der Waals surface area (Å²) in [5.41, 5.74) is 8.29. The molecule has 5 rings (SSSR count). The second-order valence-electron chi connectivity index (χ2n) is 10.2. The minimum atomic E-state index is 0.182. The minimum absolute atomic E-state index is 0.182. The van der Waals surface area contributed by atoms with Gasteiger partial charge < -0.3 is 9.88 Å². The minimum Gasteiger partial charge on any atom is -0.354 e. The number of piperidine rings is 1.